The zero-order valence-corrected chi connectivity index (χ0v) is 11.7. The average molecular weight is 292 g/mol. The molecule has 0 bridgehead atoms. The molecule has 0 aliphatic rings. The van der Waals surface area contributed by atoms with Crippen molar-refractivity contribution >= 4 is 0 Å². The van der Waals surface area contributed by atoms with Crippen LogP contribution in [0.4, 0.5) is 8.78 Å². The molecular formula is C16H18F2N2O. The first kappa shape index (κ1) is 15.5. The van der Waals surface area contributed by atoms with Crippen LogP contribution in [0.2, 0.25) is 0 Å². The van der Waals surface area contributed by atoms with Crippen LogP contribution in [0.5, 0.6) is 0 Å². The summed E-state index contributed by atoms with van der Waals surface area (Å²) >= 11 is 0. The lowest BCUT2D eigenvalue weighted by molar-refractivity contribution is 0.210. The van der Waals surface area contributed by atoms with E-state index in [0.717, 1.165) is 17.7 Å². The number of nitrogens with zero attached hydrogens (tertiary/aromatic N) is 2. The van der Waals surface area contributed by atoms with Gasteiger partial charge >= 0.3 is 0 Å². The number of aromatic nitrogens is 1. The van der Waals surface area contributed by atoms with E-state index < -0.39 is 11.6 Å². The number of rotatable bonds is 7. The van der Waals surface area contributed by atoms with Gasteiger partial charge in [-0.05, 0) is 42.3 Å². The normalized spacial score (nSPS) is 11.0. The Kier molecular flexibility index (Phi) is 5.78. The summed E-state index contributed by atoms with van der Waals surface area (Å²) in [5.74, 6) is -0.863. The van der Waals surface area contributed by atoms with Crippen molar-refractivity contribution in [3.63, 3.8) is 0 Å². The Morgan fingerprint density at radius 2 is 1.81 bits per heavy atom. The summed E-state index contributed by atoms with van der Waals surface area (Å²) in [5, 5.41) is 8.98. The van der Waals surface area contributed by atoms with E-state index in [4.69, 9.17) is 5.11 Å². The van der Waals surface area contributed by atoms with Gasteiger partial charge in [-0.2, -0.15) is 0 Å². The average Bonchev–Trinajstić information content (AvgIpc) is 2.49. The predicted molar refractivity (Wildman–Crippen MR) is 76.4 cm³/mol. The molecule has 0 aliphatic heterocycles. The molecule has 0 amide bonds. The van der Waals surface area contributed by atoms with Gasteiger partial charge in [0, 0.05) is 44.2 Å². The highest BCUT2D eigenvalue weighted by Gasteiger charge is 2.11. The fraction of sp³-hybridized carbons (Fsp3) is 0.312. The van der Waals surface area contributed by atoms with Gasteiger partial charge in [-0.3, -0.25) is 9.88 Å². The van der Waals surface area contributed by atoms with Gasteiger partial charge in [0.2, 0.25) is 0 Å². The van der Waals surface area contributed by atoms with Crippen LogP contribution in [0.1, 0.15) is 17.5 Å². The summed E-state index contributed by atoms with van der Waals surface area (Å²) in [7, 11) is 0. The molecule has 0 spiro atoms. The predicted octanol–water partition coefficient (Wildman–Crippen LogP) is 2.74. The highest BCUT2D eigenvalue weighted by Crippen LogP contribution is 2.14. The molecule has 0 unspecified atom stereocenters. The largest absolute Gasteiger partial charge is 0.396 e. The minimum absolute atomic E-state index is 0.0679. The first-order valence-electron chi connectivity index (χ1n) is 6.85. The summed E-state index contributed by atoms with van der Waals surface area (Å²) in [4.78, 5) is 5.93. The topological polar surface area (TPSA) is 36.4 Å². The summed E-state index contributed by atoms with van der Waals surface area (Å²) in [6.07, 6.45) is 3.98. The first-order chi connectivity index (χ1) is 10.2. The maximum atomic E-state index is 13.7. The van der Waals surface area contributed by atoms with Crippen molar-refractivity contribution in [2.45, 2.75) is 19.5 Å². The van der Waals surface area contributed by atoms with Crippen LogP contribution in [-0.4, -0.2) is 28.1 Å². The van der Waals surface area contributed by atoms with E-state index in [-0.39, 0.29) is 6.61 Å². The molecule has 1 aromatic carbocycles. The Hall–Kier alpha value is -1.85. The van der Waals surface area contributed by atoms with Crippen molar-refractivity contribution < 1.29 is 13.9 Å². The molecule has 3 nitrogen and oxygen atoms in total. The van der Waals surface area contributed by atoms with Gasteiger partial charge in [0.15, 0.2) is 0 Å². The molecule has 0 fully saturated rings. The SMILES string of the molecule is OCCCN(Cc1ccncc1)Cc1cc(F)ccc1F. The van der Waals surface area contributed by atoms with E-state index in [1.54, 1.807) is 12.4 Å². The molecule has 112 valence electrons. The van der Waals surface area contributed by atoms with Crippen LogP contribution in [0.25, 0.3) is 0 Å². The van der Waals surface area contributed by atoms with Crippen LogP contribution in [0.15, 0.2) is 42.7 Å². The zero-order valence-electron chi connectivity index (χ0n) is 11.7. The van der Waals surface area contributed by atoms with Crippen molar-refractivity contribution in [2.24, 2.45) is 0 Å². The van der Waals surface area contributed by atoms with Gasteiger partial charge in [-0.1, -0.05) is 0 Å². The fourth-order valence-corrected chi connectivity index (χ4v) is 2.16. The number of aliphatic hydroxyl groups excluding tert-OH is 1. The van der Waals surface area contributed by atoms with E-state index in [2.05, 4.69) is 4.98 Å². The second kappa shape index (κ2) is 7.81. The molecule has 1 N–H and O–H groups in total. The van der Waals surface area contributed by atoms with Crippen LogP contribution in [-0.2, 0) is 13.1 Å². The standard InChI is InChI=1S/C16H18F2N2O/c17-15-2-3-16(18)14(10-15)12-20(8-1-9-21)11-13-4-6-19-7-5-13/h2-7,10,21H,1,8-9,11-12H2. The molecule has 21 heavy (non-hydrogen) atoms. The minimum Gasteiger partial charge on any atom is -0.396 e. The smallest absolute Gasteiger partial charge is 0.127 e. The van der Waals surface area contributed by atoms with Gasteiger partial charge in [0.25, 0.3) is 0 Å². The monoisotopic (exact) mass is 292 g/mol. The molecule has 0 saturated heterocycles. The van der Waals surface area contributed by atoms with Crippen molar-refractivity contribution in [3.05, 3.63) is 65.5 Å². The second-order valence-electron chi connectivity index (χ2n) is 4.88. The molecule has 0 aliphatic carbocycles. The van der Waals surface area contributed by atoms with E-state index in [9.17, 15) is 8.78 Å². The van der Waals surface area contributed by atoms with Crippen LogP contribution >= 0.6 is 0 Å². The maximum absolute atomic E-state index is 13.7. The summed E-state index contributed by atoms with van der Waals surface area (Å²) in [6.45, 7) is 1.57. The van der Waals surface area contributed by atoms with Crippen molar-refractivity contribution in [1.29, 1.82) is 0 Å². The second-order valence-corrected chi connectivity index (χ2v) is 4.88. The van der Waals surface area contributed by atoms with Crippen LogP contribution in [0.3, 0.4) is 0 Å². The molecule has 0 atom stereocenters. The molecule has 1 heterocycles. The van der Waals surface area contributed by atoms with E-state index in [1.807, 2.05) is 17.0 Å². The summed E-state index contributed by atoms with van der Waals surface area (Å²) in [5.41, 5.74) is 1.36. The van der Waals surface area contributed by atoms with Gasteiger partial charge in [0.1, 0.15) is 11.6 Å². The number of hydrogen-bond donors (Lipinski definition) is 1. The minimum atomic E-state index is -0.447. The van der Waals surface area contributed by atoms with Crippen molar-refractivity contribution in [1.82, 2.24) is 9.88 Å². The Morgan fingerprint density at radius 3 is 2.52 bits per heavy atom. The van der Waals surface area contributed by atoms with Gasteiger partial charge in [-0.15, -0.1) is 0 Å². The van der Waals surface area contributed by atoms with Crippen LogP contribution < -0.4 is 0 Å². The molecule has 0 radical (unpaired) electrons. The summed E-state index contributed by atoms with van der Waals surface area (Å²) in [6, 6.07) is 7.23. The third-order valence-corrected chi connectivity index (χ3v) is 3.19. The highest BCUT2D eigenvalue weighted by molar-refractivity contribution is 5.19. The third-order valence-electron chi connectivity index (χ3n) is 3.19. The molecule has 2 rings (SSSR count). The number of aliphatic hydroxyl groups is 1. The maximum Gasteiger partial charge on any atom is 0.127 e. The molecule has 5 heteroatoms. The van der Waals surface area contributed by atoms with E-state index in [0.29, 0.717) is 31.6 Å². The lowest BCUT2D eigenvalue weighted by Crippen LogP contribution is -2.25. The zero-order chi connectivity index (χ0) is 15.1. The first-order valence-corrected chi connectivity index (χ1v) is 6.85. The number of benzene rings is 1. The van der Waals surface area contributed by atoms with Gasteiger partial charge in [-0.25, -0.2) is 8.78 Å². The van der Waals surface area contributed by atoms with E-state index in [1.165, 1.54) is 6.07 Å². The Morgan fingerprint density at radius 1 is 1.05 bits per heavy atom. The Bertz CT molecular complexity index is 563. The number of hydrogen-bond acceptors (Lipinski definition) is 3. The molecule has 1 aromatic heterocycles. The fourth-order valence-electron chi connectivity index (χ4n) is 2.16. The number of pyridine rings is 1. The Labute approximate surface area is 122 Å². The lowest BCUT2D eigenvalue weighted by atomic mass is 10.1. The molecule has 2 aromatic rings. The summed E-state index contributed by atoms with van der Waals surface area (Å²) < 4.78 is 27.0. The van der Waals surface area contributed by atoms with Crippen molar-refractivity contribution in [2.75, 3.05) is 13.2 Å². The van der Waals surface area contributed by atoms with Gasteiger partial charge < -0.3 is 5.11 Å². The third kappa shape index (κ3) is 4.88. The lowest BCUT2D eigenvalue weighted by Gasteiger charge is -2.22. The quantitative estimate of drug-likeness (QED) is 0.852. The van der Waals surface area contributed by atoms with Gasteiger partial charge in [0.05, 0.1) is 0 Å². The van der Waals surface area contributed by atoms with Crippen LogP contribution in [0, 0.1) is 11.6 Å². The van der Waals surface area contributed by atoms with E-state index >= 15 is 0 Å². The molecular weight excluding hydrogens is 274 g/mol. The Balaban J connectivity index is 2.10. The number of halogens is 2. The molecule has 0 saturated carbocycles. The highest BCUT2D eigenvalue weighted by atomic mass is 19.1. The van der Waals surface area contributed by atoms with Crippen molar-refractivity contribution in [3.8, 4) is 0 Å².